The molecule has 1 aliphatic heterocycles. The Bertz CT molecular complexity index is 694. The van der Waals surface area contributed by atoms with Crippen molar-refractivity contribution in [2.75, 3.05) is 18.2 Å². The van der Waals surface area contributed by atoms with E-state index in [4.69, 9.17) is 16.3 Å². The Morgan fingerprint density at radius 1 is 1.48 bits per heavy atom. The van der Waals surface area contributed by atoms with Gasteiger partial charge in [0, 0.05) is 26.4 Å². The fraction of sp³-hybridized carbons (Fsp3) is 0.667. The third kappa shape index (κ3) is 3.43. The van der Waals surface area contributed by atoms with Crippen molar-refractivity contribution < 1.29 is 9.53 Å². The second-order valence-corrected chi connectivity index (χ2v) is 15.2. The Labute approximate surface area is 164 Å². The van der Waals surface area contributed by atoms with Crippen molar-refractivity contribution in [1.29, 1.82) is 0 Å². The number of aromatic nitrogens is 1. The molecule has 1 amide bonds. The summed E-state index contributed by atoms with van der Waals surface area (Å²) in [6.45, 7) is 10.1. The van der Waals surface area contributed by atoms with Gasteiger partial charge >= 0.3 is 0 Å². The standard InChI is InChI=1S/C18H26BrClN2O2Si/c1-5-6-12-9-18(12)14-15(20)13(19)10-21-16(14)22(17(18)23)11-24-7-8-25(2,3)4/h10,12H,5-9,11H2,1-4H3/t12-,18+/m0/s1. The Kier molecular flexibility index (Phi) is 5.37. The van der Waals surface area contributed by atoms with Crippen LogP contribution < -0.4 is 4.90 Å². The van der Waals surface area contributed by atoms with Gasteiger partial charge in [-0.3, -0.25) is 9.69 Å². The Hall–Kier alpha value is -0.433. The number of amides is 1. The van der Waals surface area contributed by atoms with E-state index < -0.39 is 13.5 Å². The largest absolute Gasteiger partial charge is 0.361 e. The van der Waals surface area contributed by atoms with Gasteiger partial charge in [0.05, 0.1) is 14.9 Å². The monoisotopic (exact) mass is 444 g/mol. The predicted molar refractivity (Wildman–Crippen MR) is 108 cm³/mol. The van der Waals surface area contributed by atoms with Crippen LogP contribution in [0.3, 0.4) is 0 Å². The molecule has 1 fully saturated rings. The Morgan fingerprint density at radius 3 is 2.84 bits per heavy atom. The number of anilines is 1. The maximum Gasteiger partial charge on any atom is 0.241 e. The topological polar surface area (TPSA) is 42.4 Å². The highest BCUT2D eigenvalue weighted by atomic mass is 79.9. The molecule has 2 aliphatic rings. The van der Waals surface area contributed by atoms with Gasteiger partial charge in [0.1, 0.15) is 12.5 Å². The van der Waals surface area contributed by atoms with Gasteiger partial charge in [-0.15, -0.1) is 0 Å². The van der Waals surface area contributed by atoms with Crippen LogP contribution in [0.2, 0.25) is 30.7 Å². The molecule has 4 nitrogen and oxygen atoms in total. The first-order valence-corrected chi connectivity index (χ1v) is 13.8. The van der Waals surface area contributed by atoms with E-state index in [-0.39, 0.29) is 12.6 Å². The van der Waals surface area contributed by atoms with Gasteiger partial charge in [-0.1, -0.05) is 44.6 Å². The average molecular weight is 446 g/mol. The van der Waals surface area contributed by atoms with Crippen molar-refractivity contribution in [2.45, 2.75) is 57.3 Å². The number of halogens is 2. The van der Waals surface area contributed by atoms with Gasteiger partial charge in [-0.25, -0.2) is 4.98 Å². The lowest BCUT2D eigenvalue weighted by Gasteiger charge is -2.20. The fourth-order valence-corrected chi connectivity index (χ4v) is 5.11. The van der Waals surface area contributed by atoms with Crippen molar-refractivity contribution in [3.05, 3.63) is 21.3 Å². The molecule has 1 spiro atoms. The van der Waals surface area contributed by atoms with Crippen LogP contribution in [0.25, 0.3) is 0 Å². The van der Waals surface area contributed by atoms with Gasteiger partial charge in [-0.05, 0) is 40.7 Å². The van der Waals surface area contributed by atoms with Crippen molar-refractivity contribution in [1.82, 2.24) is 4.98 Å². The number of carbonyl (C=O) groups is 1. The first-order chi connectivity index (χ1) is 11.7. The van der Waals surface area contributed by atoms with Crippen molar-refractivity contribution in [3.8, 4) is 0 Å². The predicted octanol–water partition coefficient (Wildman–Crippen LogP) is 5.21. The van der Waals surface area contributed by atoms with Gasteiger partial charge < -0.3 is 4.74 Å². The summed E-state index contributed by atoms with van der Waals surface area (Å²) in [7, 11) is -1.15. The van der Waals surface area contributed by atoms with E-state index in [9.17, 15) is 4.79 Å². The van der Waals surface area contributed by atoms with E-state index in [2.05, 4.69) is 47.5 Å². The van der Waals surface area contributed by atoms with Crippen molar-refractivity contribution in [2.24, 2.45) is 5.92 Å². The Morgan fingerprint density at radius 2 is 2.20 bits per heavy atom. The summed E-state index contributed by atoms with van der Waals surface area (Å²) in [6.07, 6.45) is 4.66. The molecule has 138 valence electrons. The highest BCUT2D eigenvalue weighted by Crippen LogP contribution is 2.64. The maximum atomic E-state index is 13.2. The number of hydrogen-bond donors (Lipinski definition) is 0. The van der Waals surface area contributed by atoms with Gasteiger partial charge in [0.15, 0.2) is 0 Å². The van der Waals surface area contributed by atoms with E-state index in [1.54, 1.807) is 11.1 Å². The number of ether oxygens (including phenoxy) is 1. The third-order valence-corrected chi connectivity index (χ3v) is 8.17. The molecule has 1 aromatic heterocycles. The van der Waals surface area contributed by atoms with Crippen LogP contribution in [0.4, 0.5) is 5.82 Å². The quantitative estimate of drug-likeness (QED) is 0.427. The minimum absolute atomic E-state index is 0.112. The first-order valence-electron chi connectivity index (χ1n) is 8.96. The summed E-state index contributed by atoms with van der Waals surface area (Å²) in [4.78, 5) is 19.4. The number of nitrogens with zero attached hydrogens (tertiary/aromatic N) is 2. The molecule has 0 unspecified atom stereocenters. The fourth-order valence-electron chi connectivity index (χ4n) is 3.75. The Balaban J connectivity index is 1.83. The van der Waals surface area contributed by atoms with E-state index in [1.165, 1.54) is 0 Å². The van der Waals surface area contributed by atoms with Crippen LogP contribution in [0.15, 0.2) is 10.7 Å². The van der Waals surface area contributed by atoms with Crippen LogP contribution in [0.5, 0.6) is 0 Å². The molecule has 0 saturated heterocycles. The SMILES string of the molecule is CCC[C@H]1C[C@@]12C(=O)N(COCC[Si](C)(C)C)c1ncc(Br)c(Cl)c12. The molecule has 1 aromatic rings. The lowest BCUT2D eigenvalue weighted by Crippen LogP contribution is -2.35. The number of carbonyl (C=O) groups excluding carboxylic acids is 1. The average Bonchev–Trinajstić information content (AvgIpc) is 3.18. The van der Waals surface area contributed by atoms with Gasteiger partial charge in [-0.2, -0.15) is 0 Å². The molecule has 1 saturated carbocycles. The number of rotatable bonds is 7. The van der Waals surface area contributed by atoms with E-state index in [0.29, 0.717) is 23.4 Å². The van der Waals surface area contributed by atoms with E-state index in [0.717, 1.165) is 35.3 Å². The number of hydrogen-bond acceptors (Lipinski definition) is 3. The van der Waals surface area contributed by atoms with Gasteiger partial charge in [0.25, 0.3) is 0 Å². The molecule has 1 aliphatic carbocycles. The minimum Gasteiger partial charge on any atom is -0.361 e. The molecule has 25 heavy (non-hydrogen) atoms. The molecular formula is C18H26BrClN2O2Si. The zero-order valence-electron chi connectivity index (χ0n) is 15.4. The summed E-state index contributed by atoms with van der Waals surface area (Å²) in [6, 6.07) is 1.08. The molecule has 7 heteroatoms. The summed E-state index contributed by atoms with van der Waals surface area (Å²) < 4.78 is 6.61. The van der Waals surface area contributed by atoms with E-state index >= 15 is 0 Å². The molecule has 2 atom stereocenters. The maximum absolute atomic E-state index is 13.2. The molecule has 0 radical (unpaired) electrons. The zero-order chi connectivity index (χ0) is 18.4. The highest BCUT2D eigenvalue weighted by Gasteiger charge is 2.67. The zero-order valence-corrected chi connectivity index (χ0v) is 18.7. The summed E-state index contributed by atoms with van der Waals surface area (Å²) >= 11 is 10.0. The molecule has 0 N–H and O–H groups in total. The van der Waals surface area contributed by atoms with Crippen molar-refractivity contribution in [3.63, 3.8) is 0 Å². The van der Waals surface area contributed by atoms with Crippen LogP contribution >= 0.6 is 27.5 Å². The second-order valence-electron chi connectivity index (χ2n) is 8.36. The highest BCUT2D eigenvalue weighted by molar-refractivity contribution is 9.10. The lowest BCUT2D eigenvalue weighted by molar-refractivity contribution is -0.121. The second kappa shape index (κ2) is 6.95. The number of fused-ring (bicyclic) bond motifs is 2. The lowest BCUT2D eigenvalue weighted by atomic mass is 9.94. The molecule has 2 heterocycles. The molecule has 3 rings (SSSR count). The smallest absolute Gasteiger partial charge is 0.241 e. The van der Waals surface area contributed by atoms with Crippen molar-refractivity contribution >= 4 is 47.3 Å². The van der Waals surface area contributed by atoms with Crippen LogP contribution in [0.1, 0.15) is 31.7 Å². The van der Waals surface area contributed by atoms with Gasteiger partial charge in [0.2, 0.25) is 5.91 Å². The summed E-state index contributed by atoms with van der Waals surface area (Å²) in [5.41, 5.74) is 0.433. The third-order valence-electron chi connectivity index (χ3n) is 5.24. The van der Waals surface area contributed by atoms with Crippen LogP contribution in [0, 0.1) is 5.92 Å². The summed E-state index contributed by atoms with van der Waals surface area (Å²) in [5.74, 6) is 1.16. The van der Waals surface area contributed by atoms with Crippen LogP contribution in [-0.4, -0.2) is 32.3 Å². The molecule has 0 aromatic carbocycles. The minimum atomic E-state index is -1.15. The number of pyridine rings is 1. The van der Waals surface area contributed by atoms with E-state index in [1.807, 2.05) is 0 Å². The summed E-state index contributed by atoms with van der Waals surface area (Å²) in [5, 5.41) is 0.626. The molecular weight excluding hydrogens is 420 g/mol. The first kappa shape index (κ1) is 19.3. The normalized spacial score (nSPS) is 25.0. The molecule has 0 bridgehead atoms. The van der Waals surface area contributed by atoms with Crippen LogP contribution in [-0.2, 0) is 14.9 Å².